The first-order valence-electron chi connectivity index (χ1n) is 8.01. The van der Waals surface area contributed by atoms with Crippen molar-refractivity contribution in [1.82, 2.24) is 0 Å². The fraction of sp³-hybridized carbons (Fsp3) is 0.211. The second kappa shape index (κ2) is 8.63. The van der Waals surface area contributed by atoms with Crippen LogP contribution in [0.2, 0.25) is 0 Å². The Morgan fingerprint density at radius 2 is 1.52 bits per heavy atom. The molecule has 0 aliphatic carbocycles. The molecule has 0 saturated carbocycles. The van der Waals surface area contributed by atoms with E-state index in [-0.39, 0.29) is 18.7 Å². The second-order valence-corrected chi connectivity index (χ2v) is 5.45. The molecule has 0 saturated heterocycles. The van der Waals surface area contributed by atoms with Gasteiger partial charge in [-0.15, -0.1) is 0 Å². The summed E-state index contributed by atoms with van der Waals surface area (Å²) in [5, 5.41) is 14.1. The van der Waals surface area contributed by atoms with Gasteiger partial charge in [-0.05, 0) is 30.2 Å². The van der Waals surface area contributed by atoms with Gasteiger partial charge in [0.25, 0.3) is 5.91 Å². The van der Waals surface area contributed by atoms with Crippen LogP contribution in [0.4, 0.5) is 11.4 Å². The third kappa shape index (κ3) is 5.17. The van der Waals surface area contributed by atoms with Crippen LogP contribution in [0.3, 0.4) is 0 Å². The number of hydrogen-bond acceptors (Lipinski definition) is 3. The van der Waals surface area contributed by atoms with Gasteiger partial charge in [-0.25, -0.2) is 0 Å². The van der Waals surface area contributed by atoms with Gasteiger partial charge in [0.2, 0.25) is 5.91 Å². The largest absolute Gasteiger partial charge is 0.481 e. The van der Waals surface area contributed by atoms with Crippen LogP contribution in [0.15, 0.2) is 48.5 Å². The molecule has 0 unspecified atom stereocenters. The van der Waals surface area contributed by atoms with E-state index in [0.29, 0.717) is 11.3 Å². The summed E-state index contributed by atoms with van der Waals surface area (Å²) in [7, 11) is 0. The first kappa shape index (κ1) is 18.2. The minimum Gasteiger partial charge on any atom is -0.481 e. The van der Waals surface area contributed by atoms with E-state index in [2.05, 4.69) is 10.6 Å². The average molecular weight is 340 g/mol. The monoisotopic (exact) mass is 340 g/mol. The van der Waals surface area contributed by atoms with Gasteiger partial charge in [0.15, 0.2) is 0 Å². The van der Waals surface area contributed by atoms with E-state index < -0.39 is 11.9 Å². The highest BCUT2D eigenvalue weighted by Gasteiger charge is 2.14. The molecule has 0 aromatic heterocycles. The number of carboxylic acids is 1. The van der Waals surface area contributed by atoms with Crippen LogP contribution in [0.25, 0.3) is 0 Å². The Morgan fingerprint density at radius 3 is 2.20 bits per heavy atom. The van der Waals surface area contributed by atoms with Crippen LogP contribution in [0.1, 0.15) is 35.7 Å². The van der Waals surface area contributed by atoms with Crippen molar-refractivity contribution < 1.29 is 19.5 Å². The number of carboxylic acid groups (broad SMARTS) is 1. The highest BCUT2D eigenvalue weighted by atomic mass is 16.4. The number of nitrogens with one attached hydrogen (secondary N) is 2. The molecule has 25 heavy (non-hydrogen) atoms. The fourth-order valence-corrected chi connectivity index (χ4v) is 2.36. The highest BCUT2D eigenvalue weighted by Crippen LogP contribution is 2.20. The maximum absolute atomic E-state index is 12.6. The van der Waals surface area contributed by atoms with Gasteiger partial charge in [-0.1, -0.05) is 37.3 Å². The van der Waals surface area contributed by atoms with E-state index in [1.807, 2.05) is 31.2 Å². The number of rotatable bonds is 7. The average Bonchev–Trinajstić information content (AvgIpc) is 2.61. The third-order valence-corrected chi connectivity index (χ3v) is 3.66. The van der Waals surface area contributed by atoms with Gasteiger partial charge in [0.1, 0.15) is 0 Å². The molecule has 3 N–H and O–H groups in total. The van der Waals surface area contributed by atoms with Crippen molar-refractivity contribution in [3.63, 3.8) is 0 Å². The van der Waals surface area contributed by atoms with Gasteiger partial charge < -0.3 is 15.7 Å². The molecule has 0 aliphatic heterocycles. The van der Waals surface area contributed by atoms with Crippen molar-refractivity contribution in [3.05, 3.63) is 59.7 Å². The summed E-state index contributed by atoms with van der Waals surface area (Å²) in [4.78, 5) is 35.0. The number of benzene rings is 2. The highest BCUT2D eigenvalue weighted by molar-refractivity contribution is 6.10. The predicted molar refractivity (Wildman–Crippen MR) is 95.7 cm³/mol. The molecule has 0 heterocycles. The first-order valence-corrected chi connectivity index (χ1v) is 8.01. The molecule has 2 aromatic rings. The van der Waals surface area contributed by atoms with Gasteiger partial charge in [-0.3, -0.25) is 14.4 Å². The molecule has 2 aromatic carbocycles. The molecule has 0 bridgehead atoms. The van der Waals surface area contributed by atoms with Gasteiger partial charge in [-0.2, -0.15) is 0 Å². The Bertz CT molecular complexity index is 786. The number of aryl methyl sites for hydroxylation is 1. The number of carbonyl (C=O) groups excluding carboxylic acids is 2. The molecule has 2 amide bonds. The van der Waals surface area contributed by atoms with E-state index in [4.69, 9.17) is 5.11 Å². The molecule has 0 aliphatic rings. The fourth-order valence-electron chi connectivity index (χ4n) is 2.36. The van der Waals surface area contributed by atoms with E-state index >= 15 is 0 Å². The Morgan fingerprint density at radius 1 is 0.880 bits per heavy atom. The Kier molecular flexibility index (Phi) is 6.28. The van der Waals surface area contributed by atoms with Crippen LogP contribution in [-0.4, -0.2) is 22.9 Å². The molecule has 130 valence electrons. The molecule has 6 nitrogen and oxygen atoms in total. The van der Waals surface area contributed by atoms with Crippen molar-refractivity contribution in [2.45, 2.75) is 26.2 Å². The zero-order chi connectivity index (χ0) is 18.2. The lowest BCUT2D eigenvalue weighted by Crippen LogP contribution is -2.19. The minimum atomic E-state index is -1.04. The Hall–Kier alpha value is -3.15. The number of para-hydroxylation sites is 2. The number of anilines is 2. The van der Waals surface area contributed by atoms with Crippen molar-refractivity contribution in [2.24, 2.45) is 0 Å². The summed E-state index contributed by atoms with van der Waals surface area (Å²) in [5.74, 6) is -1.83. The SMILES string of the molecule is CCc1ccccc1NC(=O)c1ccccc1NC(=O)CCC(=O)O. The topological polar surface area (TPSA) is 95.5 Å². The maximum Gasteiger partial charge on any atom is 0.303 e. The molecule has 0 spiro atoms. The van der Waals surface area contributed by atoms with Gasteiger partial charge in [0.05, 0.1) is 17.7 Å². The standard InChI is InChI=1S/C19H20N2O4/c1-2-13-7-3-5-9-15(13)21-19(25)14-8-4-6-10-16(14)20-17(22)11-12-18(23)24/h3-10H,2,11-12H2,1H3,(H,20,22)(H,21,25)(H,23,24). The van der Waals surface area contributed by atoms with E-state index in [1.165, 1.54) is 0 Å². The number of amides is 2. The van der Waals surface area contributed by atoms with E-state index in [1.54, 1.807) is 24.3 Å². The van der Waals surface area contributed by atoms with Gasteiger partial charge in [0, 0.05) is 12.1 Å². The Balaban J connectivity index is 2.15. The number of aliphatic carboxylic acids is 1. The predicted octanol–water partition coefficient (Wildman–Crippen LogP) is 3.30. The van der Waals surface area contributed by atoms with Crippen LogP contribution in [0.5, 0.6) is 0 Å². The van der Waals surface area contributed by atoms with Crippen LogP contribution >= 0.6 is 0 Å². The summed E-state index contributed by atoms with van der Waals surface area (Å²) < 4.78 is 0. The number of carbonyl (C=O) groups is 3. The van der Waals surface area contributed by atoms with E-state index in [9.17, 15) is 14.4 Å². The molecular weight excluding hydrogens is 320 g/mol. The molecule has 2 rings (SSSR count). The molecule has 0 atom stereocenters. The van der Waals surface area contributed by atoms with Crippen molar-refractivity contribution >= 4 is 29.2 Å². The molecule has 6 heteroatoms. The lowest BCUT2D eigenvalue weighted by molar-refractivity contribution is -0.138. The summed E-state index contributed by atoms with van der Waals surface area (Å²) in [6, 6.07) is 14.1. The molecular formula is C19H20N2O4. The normalized spacial score (nSPS) is 10.1. The van der Waals surface area contributed by atoms with Gasteiger partial charge >= 0.3 is 5.97 Å². The smallest absolute Gasteiger partial charge is 0.303 e. The number of hydrogen-bond donors (Lipinski definition) is 3. The lowest BCUT2D eigenvalue weighted by Gasteiger charge is -2.13. The Labute approximate surface area is 145 Å². The van der Waals surface area contributed by atoms with Crippen LogP contribution in [0, 0.1) is 0 Å². The summed E-state index contributed by atoms with van der Waals surface area (Å²) >= 11 is 0. The second-order valence-electron chi connectivity index (χ2n) is 5.45. The summed E-state index contributed by atoms with van der Waals surface area (Å²) in [6.45, 7) is 2.00. The third-order valence-electron chi connectivity index (χ3n) is 3.66. The summed E-state index contributed by atoms with van der Waals surface area (Å²) in [6.07, 6.45) is 0.373. The molecule has 0 fully saturated rings. The first-order chi connectivity index (χ1) is 12.0. The maximum atomic E-state index is 12.6. The van der Waals surface area contributed by atoms with Crippen molar-refractivity contribution in [1.29, 1.82) is 0 Å². The quantitative estimate of drug-likeness (QED) is 0.720. The molecule has 0 radical (unpaired) electrons. The van der Waals surface area contributed by atoms with Crippen LogP contribution < -0.4 is 10.6 Å². The minimum absolute atomic E-state index is 0.149. The zero-order valence-corrected chi connectivity index (χ0v) is 13.9. The van der Waals surface area contributed by atoms with Crippen molar-refractivity contribution in [3.8, 4) is 0 Å². The van der Waals surface area contributed by atoms with Crippen LogP contribution in [-0.2, 0) is 16.0 Å². The van der Waals surface area contributed by atoms with Crippen molar-refractivity contribution in [2.75, 3.05) is 10.6 Å². The zero-order valence-electron chi connectivity index (χ0n) is 13.9. The summed E-state index contributed by atoms with van der Waals surface area (Å²) in [5.41, 5.74) is 2.40. The lowest BCUT2D eigenvalue weighted by atomic mass is 10.1. The van der Waals surface area contributed by atoms with E-state index in [0.717, 1.165) is 17.7 Å².